The molecule has 0 aliphatic heterocycles. The van der Waals surface area contributed by atoms with Crippen LogP contribution in [-0.4, -0.2) is 22.9 Å². The largest absolute Gasteiger partial charge is 0.489 e. The Labute approximate surface area is 94.6 Å². The number of hydrogen-bond donors (Lipinski definition) is 1. The van der Waals surface area contributed by atoms with Crippen molar-refractivity contribution >= 4 is 0 Å². The molecule has 0 atom stereocenters. The molecule has 0 saturated carbocycles. The molecule has 2 rings (SSSR count). The summed E-state index contributed by atoms with van der Waals surface area (Å²) in [6.07, 6.45) is 3.54. The van der Waals surface area contributed by atoms with Gasteiger partial charge in [-0.3, -0.25) is 0 Å². The van der Waals surface area contributed by atoms with Gasteiger partial charge in [0.1, 0.15) is 6.61 Å². The molecular weight excluding hydrogens is 202 g/mol. The van der Waals surface area contributed by atoms with E-state index in [1.54, 1.807) is 10.9 Å². The van der Waals surface area contributed by atoms with Gasteiger partial charge in [-0.1, -0.05) is 17.7 Å². The third kappa shape index (κ3) is 2.41. The zero-order chi connectivity index (χ0) is 11.4. The molecule has 0 aliphatic carbocycles. The second-order valence-corrected chi connectivity index (χ2v) is 3.59. The second-order valence-electron chi connectivity index (χ2n) is 3.59. The lowest BCUT2D eigenvalue weighted by molar-refractivity contribution is 0.328. The van der Waals surface area contributed by atoms with Crippen molar-refractivity contribution in [3.05, 3.63) is 42.2 Å². The summed E-state index contributed by atoms with van der Waals surface area (Å²) in [6, 6.07) is 8.15. The zero-order valence-corrected chi connectivity index (χ0v) is 9.26. The van der Waals surface area contributed by atoms with Crippen LogP contribution < -0.4 is 10.5 Å². The number of benzene rings is 1. The van der Waals surface area contributed by atoms with Crippen LogP contribution in [0, 0.1) is 6.92 Å². The highest BCUT2D eigenvalue weighted by Gasteiger charge is 2.00. The molecule has 0 bridgehead atoms. The minimum atomic E-state index is 0.510. The molecule has 0 spiro atoms. The molecule has 0 saturated heterocycles. The molecule has 0 amide bonds. The molecule has 4 heteroatoms. The summed E-state index contributed by atoms with van der Waals surface area (Å²) in [5.41, 5.74) is 7.61. The fourth-order valence-corrected chi connectivity index (χ4v) is 1.40. The van der Waals surface area contributed by atoms with Gasteiger partial charge in [-0.05, 0) is 19.1 Å². The Hall–Kier alpha value is -1.81. The van der Waals surface area contributed by atoms with Crippen LogP contribution >= 0.6 is 0 Å². The average molecular weight is 217 g/mol. The lowest BCUT2D eigenvalue weighted by Gasteiger charge is -2.01. The number of rotatable bonds is 4. The van der Waals surface area contributed by atoms with Crippen molar-refractivity contribution in [2.45, 2.75) is 6.92 Å². The van der Waals surface area contributed by atoms with Crippen molar-refractivity contribution in [3.8, 4) is 11.4 Å². The summed E-state index contributed by atoms with van der Waals surface area (Å²) in [5.74, 6) is 0.742. The van der Waals surface area contributed by atoms with Gasteiger partial charge in [0.15, 0.2) is 5.75 Å². The van der Waals surface area contributed by atoms with Gasteiger partial charge in [0.05, 0.1) is 18.1 Å². The lowest BCUT2D eigenvalue weighted by atomic mass is 10.2. The molecule has 16 heavy (non-hydrogen) atoms. The molecule has 0 radical (unpaired) electrons. The zero-order valence-electron chi connectivity index (χ0n) is 9.26. The maximum Gasteiger partial charge on any atom is 0.157 e. The Balaban J connectivity index is 2.15. The van der Waals surface area contributed by atoms with E-state index in [2.05, 4.69) is 24.2 Å². The van der Waals surface area contributed by atoms with E-state index in [9.17, 15) is 0 Å². The summed E-state index contributed by atoms with van der Waals surface area (Å²) in [5, 5.41) is 4.22. The van der Waals surface area contributed by atoms with Crippen LogP contribution in [0.4, 0.5) is 0 Å². The van der Waals surface area contributed by atoms with Gasteiger partial charge in [-0.2, -0.15) is 5.10 Å². The normalized spacial score (nSPS) is 10.4. The Kier molecular flexibility index (Phi) is 3.22. The van der Waals surface area contributed by atoms with Crippen LogP contribution in [0.1, 0.15) is 5.56 Å². The minimum absolute atomic E-state index is 0.510. The molecule has 84 valence electrons. The van der Waals surface area contributed by atoms with Crippen molar-refractivity contribution in [2.75, 3.05) is 13.2 Å². The van der Waals surface area contributed by atoms with E-state index in [0.717, 1.165) is 11.4 Å². The van der Waals surface area contributed by atoms with Crippen LogP contribution in [0.25, 0.3) is 5.69 Å². The summed E-state index contributed by atoms with van der Waals surface area (Å²) in [4.78, 5) is 0. The molecule has 0 unspecified atom stereocenters. The van der Waals surface area contributed by atoms with Crippen molar-refractivity contribution in [3.63, 3.8) is 0 Å². The van der Waals surface area contributed by atoms with E-state index in [1.807, 2.05) is 18.3 Å². The molecule has 1 heterocycles. The highest BCUT2D eigenvalue weighted by molar-refractivity contribution is 5.34. The first kappa shape index (κ1) is 10.7. The highest BCUT2D eigenvalue weighted by atomic mass is 16.5. The van der Waals surface area contributed by atoms with Crippen molar-refractivity contribution in [1.29, 1.82) is 0 Å². The van der Waals surface area contributed by atoms with E-state index in [0.29, 0.717) is 13.2 Å². The van der Waals surface area contributed by atoms with Gasteiger partial charge in [-0.25, -0.2) is 4.68 Å². The van der Waals surface area contributed by atoms with E-state index < -0.39 is 0 Å². The molecule has 2 N–H and O–H groups in total. The first-order valence-corrected chi connectivity index (χ1v) is 5.24. The van der Waals surface area contributed by atoms with Gasteiger partial charge >= 0.3 is 0 Å². The molecule has 2 aromatic rings. The summed E-state index contributed by atoms with van der Waals surface area (Å²) in [7, 11) is 0. The lowest BCUT2D eigenvalue weighted by Crippen LogP contribution is -2.10. The van der Waals surface area contributed by atoms with Crippen LogP contribution in [0.2, 0.25) is 0 Å². The quantitative estimate of drug-likeness (QED) is 0.844. The Morgan fingerprint density at radius 3 is 2.75 bits per heavy atom. The van der Waals surface area contributed by atoms with Gasteiger partial charge in [0.2, 0.25) is 0 Å². The van der Waals surface area contributed by atoms with Crippen LogP contribution in [-0.2, 0) is 0 Å². The van der Waals surface area contributed by atoms with E-state index in [4.69, 9.17) is 10.5 Å². The predicted molar refractivity (Wildman–Crippen MR) is 62.9 cm³/mol. The first-order chi connectivity index (χ1) is 7.79. The standard InChI is InChI=1S/C12H15N3O/c1-10-2-4-11(5-3-10)15-9-12(8-14-15)16-7-6-13/h2-5,8-9H,6-7,13H2,1H3. The Bertz CT molecular complexity index is 448. The SMILES string of the molecule is Cc1ccc(-n2cc(OCCN)cn2)cc1. The molecule has 4 nitrogen and oxygen atoms in total. The third-order valence-electron chi connectivity index (χ3n) is 2.24. The predicted octanol–water partition coefficient (Wildman–Crippen LogP) is 1.52. The van der Waals surface area contributed by atoms with Crippen molar-refractivity contribution in [1.82, 2.24) is 9.78 Å². The monoisotopic (exact) mass is 217 g/mol. The van der Waals surface area contributed by atoms with Crippen LogP contribution in [0.3, 0.4) is 0 Å². The summed E-state index contributed by atoms with van der Waals surface area (Å²) >= 11 is 0. The van der Waals surface area contributed by atoms with Crippen molar-refractivity contribution < 1.29 is 4.74 Å². The maximum atomic E-state index is 5.37. The number of aromatic nitrogens is 2. The highest BCUT2D eigenvalue weighted by Crippen LogP contribution is 2.13. The minimum Gasteiger partial charge on any atom is -0.489 e. The second kappa shape index (κ2) is 4.81. The fourth-order valence-electron chi connectivity index (χ4n) is 1.40. The van der Waals surface area contributed by atoms with Gasteiger partial charge in [-0.15, -0.1) is 0 Å². The van der Waals surface area contributed by atoms with Crippen LogP contribution in [0.15, 0.2) is 36.7 Å². The van der Waals surface area contributed by atoms with Crippen LogP contribution in [0.5, 0.6) is 5.75 Å². The fraction of sp³-hybridized carbons (Fsp3) is 0.250. The summed E-state index contributed by atoms with van der Waals surface area (Å²) < 4.78 is 7.16. The van der Waals surface area contributed by atoms with Gasteiger partial charge in [0.25, 0.3) is 0 Å². The first-order valence-electron chi connectivity index (χ1n) is 5.24. The topological polar surface area (TPSA) is 53.1 Å². The molecular formula is C12H15N3O. The molecule has 0 fully saturated rings. The number of aryl methyl sites for hydroxylation is 1. The maximum absolute atomic E-state index is 5.37. The third-order valence-corrected chi connectivity index (χ3v) is 2.24. The number of ether oxygens (including phenoxy) is 1. The number of hydrogen-bond acceptors (Lipinski definition) is 3. The summed E-state index contributed by atoms with van der Waals surface area (Å²) in [6.45, 7) is 3.08. The van der Waals surface area contributed by atoms with E-state index in [-0.39, 0.29) is 0 Å². The molecule has 1 aromatic heterocycles. The molecule has 1 aromatic carbocycles. The number of nitrogens with zero attached hydrogens (tertiary/aromatic N) is 2. The van der Waals surface area contributed by atoms with E-state index >= 15 is 0 Å². The average Bonchev–Trinajstić information content (AvgIpc) is 2.76. The van der Waals surface area contributed by atoms with E-state index in [1.165, 1.54) is 5.56 Å². The Morgan fingerprint density at radius 1 is 1.31 bits per heavy atom. The van der Waals surface area contributed by atoms with Crippen molar-refractivity contribution in [2.24, 2.45) is 5.73 Å². The smallest absolute Gasteiger partial charge is 0.157 e. The Morgan fingerprint density at radius 2 is 2.06 bits per heavy atom. The molecule has 0 aliphatic rings. The number of nitrogens with two attached hydrogens (primary N) is 1. The van der Waals surface area contributed by atoms with Gasteiger partial charge < -0.3 is 10.5 Å². The van der Waals surface area contributed by atoms with Gasteiger partial charge in [0, 0.05) is 6.54 Å².